The fourth-order valence-corrected chi connectivity index (χ4v) is 4.72. The van der Waals surface area contributed by atoms with Crippen LogP contribution in [0.15, 0.2) is 24.4 Å². The Labute approximate surface area is 189 Å². The molecular weight excluding hydrogens is 432 g/mol. The predicted molar refractivity (Wildman–Crippen MR) is 114 cm³/mol. The highest BCUT2D eigenvalue weighted by atomic mass is 19.3. The van der Waals surface area contributed by atoms with Crippen LogP contribution in [-0.4, -0.2) is 57.0 Å². The maximum absolute atomic E-state index is 13.5. The molecule has 1 N–H and O–H groups in total. The first-order valence-electron chi connectivity index (χ1n) is 10.9. The van der Waals surface area contributed by atoms with Crippen molar-refractivity contribution in [2.45, 2.75) is 31.6 Å². The zero-order valence-electron chi connectivity index (χ0n) is 18.1. The minimum atomic E-state index is -2.87. The molecule has 172 valence electrons. The summed E-state index contributed by atoms with van der Waals surface area (Å²) in [4.78, 5) is 32.7. The zero-order chi connectivity index (χ0) is 23.4. The third-order valence-corrected chi connectivity index (χ3v) is 6.70. The fourth-order valence-electron chi connectivity index (χ4n) is 4.72. The number of carbonyl (C=O) groups excluding carboxylic acids is 2. The summed E-state index contributed by atoms with van der Waals surface area (Å²) in [5.74, 6) is -2.67. The number of aromatic nitrogens is 3. The summed E-state index contributed by atoms with van der Waals surface area (Å²) in [6.07, 6.45) is 3.54. The first-order chi connectivity index (χ1) is 15.7. The monoisotopic (exact) mass is 455 g/mol. The molecule has 1 saturated carbocycles. The number of carbonyl (C=O) groups is 2. The number of halogens is 2. The van der Waals surface area contributed by atoms with Crippen LogP contribution in [0, 0.1) is 22.7 Å². The standard InChI is InChI=1S/C22H23F2N7O2/c1-29-16(19(32)30-8-6-22(23,24)13-30)11-18(28-29)27-17-10-15(4-7-26-17)31-9-5-21(12-25,20(31)33)14-2-3-14/h4,7,10-11,14H,2-3,5-6,8-9,13H2,1H3,(H,26,27,28)/t21-/m1/s1. The van der Waals surface area contributed by atoms with E-state index in [2.05, 4.69) is 21.5 Å². The number of nitrogens with one attached hydrogen (secondary N) is 1. The molecule has 0 radical (unpaired) electrons. The molecule has 5 rings (SSSR count). The predicted octanol–water partition coefficient (Wildman–Crippen LogP) is 2.70. The van der Waals surface area contributed by atoms with E-state index in [4.69, 9.17) is 0 Å². The smallest absolute Gasteiger partial charge is 0.272 e. The van der Waals surface area contributed by atoms with Crippen molar-refractivity contribution < 1.29 is 18.4 Å². The fraction of sp³-hybridized carbons (Fsp3) is 0.500. The lowest BCUT2D eigenvalue weighted by molar-refractivity contribution is -0.123. The Kier molecular flexibility index (Phi) is 4.84. The van der Waals surface area contributed by atoms with E-state index in [1.807, 2.05) is 0 Å². The molecule has 9 nitrogen and oxygen atoms in total. The second-order valence-electron chi connectivity index (χ2n) is 8.96. The van der Waals surface area contributed by atoms with Crippen molar-refractivity contribution >= 4 is 29.1 Å². The third kappa shape index (κ3) is 3.69. The molecule has 2 aromatic heterocycles. The van der Waals surface area contributed by atoms with E-state index in [9.17, 15) is 23.6 Å². The number of alkyl halides is 2. The average molecular weight is 455 g/mol. The maximum Gasteiger partial charge on any atom is 0.272 e. The summed E-state index contributed by atoms with van der Waals surface area (Å²) >= 11 is 0. The normalized spacial score (nSPS) is 24.2. The molecule has 3 aliphatic rings. The van der Waals surface area contributed by atoms with Crippen molar-refractivity contribution in [2.75, 3.05) is 29.9 Å². The van der Waals surface area contributed by atoms with E-state index in [0.717, 1.165) is 17.7 Å². The summed E-state index contributed by atoms with van der Waals surface area (Å²) in [6, 6.07) is 7.16. The van der Waals surface area contributed by atoms with Gasteiger partial charge in [0.15, 0.2) is 5.82 Å². The van der Waals surface area contributed by atoms with Crippen LogP contribution in [0.25, 0.3) is 0 Å². The topological polar surface area (TPSA) is 107 Å². The summed E-state index contributed by atoms with van der Waals surface area (Å²) in [7, 11) is 1.57. The van der Waals surface area contributed by atoms with Crippen LogP contribution in [0.5, 0.6) is 0 Å². The molecule has 0 spiro atoms. The zero-order valence-corrected chi connectivity index (χ0v) is 18.1. The van der Waals surface area contributed by atoms with Crippen LogP contribution in [0.1, 0.15) is 36.2 Å². The average Bonchev–Trinajstić information content (AvgIpc) is 3.37. The number of hydrogen-bond donors (Lipinski definition) is 1. The SMILES string of the molecule is Cn1nc(Nc2cc(N3CC[C@@](C#N)(C4CC4)C3=O)ccn2)cc1C(=O)N1CCC(F)(F)C1. The number of anilines is 3. The second kappa shape index (κ2) is 7.50. The van der Waals surface area contributed by atoms with Crippen LogP contribution < -0.4 is 10.2 Å². The molecule has 33 heavy (non-hydrogen) atoms. The quantitative estimate of drug-likeness (QED) is 0.743. The Bertz CT molecular complexity index is 1170. The molecule has 11 heteroatoms. The van der Waals surface area contributed by atoms with Gasteiger partial charge in [0.25, 0.3) is 11.8 Å². The first kappa shape index (κ1) is 21.3. The van der Waals surface area contributed by atoms with Crippen LogP contribution in [0.2, 0.25) is 0 Å². The Morgan fingerprint density at radius 2 is 2.03 bits per heavy atom. The van der Waals surface area contributed by atoms with Crippen LogP contribution in [0.3, 0.4) is 0 Å². The Morgan fingerprint density at radius 3 is 2.70 bits per heavy atom. The molecule has 0 aromatic carbocycles. The molecule has 1 atom stereocenters. The summed E-state index contributed by atoms with van der Waals surface area (Å²) in [5, 5.41) is 16.9. The minimum Gasteiger partial charge on any atom is -0.331 e. The lowest BCUT2D eigenvalue weighted by atomic mass is 9.83. The Balaban J connectivity index is 1.32. The molecule has 2 aliphatic heterocycles. The molecule has 2 amide bonds. The van der Waals surface area contributed by atoms with Crippen LogP contribution in [0.4, 0.5) is 26.1 Å². The lowest BCUT2D eigenvalue weighted by Gasteiger charge is -2.21. The molecule has 1 aliphatic carbocycles. The summed E-state index contributed by atoms with van der Waals surface area (Å²) < 4.78 is 28.3. The van der Waals surface area contributed by atoms with Crippen LogP contribution >= 0.6 is 0 Å². The van der Waals surface area contributed by atoms with E-state index < -0.39 is 23.8 Å². The van der Waals surface area contributed by atoms with Gasteiger partial charge in [0, 0.05) is 50.6 Å². The van der Waals surface area contributed by atoms with Crippen LogP contribution in [-0.2, 0) is 11.8 Å². The Morgan fingerprint density at radius 1 is 1.24 bits per heavy atom. The van der Waals surface area contributed by atoms with Crippen molar-refractivity contribution in [1.29, 1.82) is 5.26 Å². The van der Waals surface area contributed by atoms with Gasteiger partial charge >= 0.3 is 0 Å². The molecule has 2 saturated heterocycles. The highest BCUT2D eigenvalue weighted by molar-refractivity contribution is 6.02. The molecule has 0 bridgehead atoms. The van der Waals surface area contributed by atoms with Gasteiger partial charge in [0.1, 0.15) is 16.9 Å². The molecule has 0 unspecified atom stereocenters. The van der Waals surface area contributed by atoms with Gasteiger partial charge in [-0.25, -0.2) is 13.8 Å². The van der Waals surface area contributed by atoms with E-state index in [1.54, 1.807) is 30.3 Å². The van der Waals surface area contributed by atoms with Gasteiger partial charge in [-0.2, -0.15) is 10.4 Å². The molecule has 3 fully saturated rings. The largest absolute Gasteiger partial charge is 0.331 e. The van der Waals surface area contributed by atoms with E-state index in [-0.39, 0.29) is 30.5 Å². The summed E-state index contributed by atoms with van der Waals surface area (Å²) in [5.41, 5.74) is -0.120. The number of likely N-dealkylation sites (tertiary alicyclic amines) is 1. The number of amides is 2. The maximum atomic E-state index is 13.5. The number of pyridine rings is 1. The number of hydrogen-bond acceptors (Lipinski definition) is 6. The number of nitriles is 1. The van der Waals surface area contributed by atoms with Gasteiger partial charge in [0.2, 0.25) is 5.91 Å². The van der Waals surface area contributed by atoms with Gasteiger partial charge in [0.05, 0.1) is 12.6 Å². The van der Waals surface area contributed by atoms with Crippen molar-refractivity contribution in [3.63, 3.8) is 0 Å². The van der Waals surface area contributed by atoms with Gasteiger partial charge in [-0.15, -0.1) is 0 Å². The molecular formula is C22H23F2N7O2. The highest BCUT2D eigenvalue weighted by Gasteiger charge is 2.56. The number of rotatable bonds is 5. The molecule has 4 heterocycles. The second-order valence-corrected chi connectivity index (χ2v) is 8.96. The van der Waals surface area contributed by atoms with Gasteiger partial charge in [-0.3, -0.25) is 14.3 Å². The van der Waals surface area contributed by atoms with E-state index in [1.165, 1.54) is 10.7 Å². The highest BCUT2D eigenvalue weighted by Crippen LogP contribution is 2.51. The van der Waals surface area contributed by atoms with Crippen molar-refractivity contribution in [3.8, 4) is 6.07 Å². The van der Waals surface area contributed by atoms with Crippen molar-refractivity contribution in [2.24, 2.45) is 18.4 Å². The van der Waals surface area contributed by atoms with E-state index >= 15 is 0 Å². The van der Waals surface area contributed by atoms with Gasteiger partial charge in [-0.1, -0.05) is 0 Å². The summed E-state index contributed by atoms with van der Waals surface area (Å²) in [6.45, 7) is -0.133. The third-order valence-electron chi connectivity index (χ3n) is 6.70. The number of nitrogens with zero attached hydrogens (tertiary/aromatic N) is 6. The first-order valence-corrected chi connectivity index (χ1v) is 10.9. The van der Waals surface area contributed by atoms with E-state index in [0.29, 0.717) is 30.3 Å². The van der Waals surface area contributed by atoms with Gasteiger partial charge in [-0.05, 0) is 31.2 Å². The number of aryl methyl sites for hydroxylation is 1. The minimum absolute atomic E-state index is 0.00170. The van der Waals surface area contributed by atoms with Gasteiger partial charge < -0.3 is 15.1 Å². The van der Waals surface area contributed by atoms with Crippen molar-refractivity contribution in [1.82, 2.24) is 19.7 Å². The lowest BCUT2D eigenvalue weighted by Crippen LogP contribution is -2.35. The molecule has 2 aromatic rings. The van der Waals surface area contributed by atoms with Crippen molar-refractivity contribution in [3.05, 3.63) is 30.1 Å². The Hall–Kier alpha value is -3.55.